The van der Waals surface area contributed by atoms with Gasteiger partial charge in [0.25, 0.3) is 0 Å². The Balaban J connectivity index is 1.37. The van der Waals surface area contributed by atoms with Gasteiger partial charge in [0.2, 0.25) is 11.8 Å². The number of ether oxygens (including phenoxy) is 2. The standard InChI is InChI=1S/C27H27Cl2N5O4/c1-16(17-5-7-18(28)8-6-17)34-25-24(31-32-34)27(15-22(35)30-25)20-14-19(29)9-10-21(20)33(26(27)36)11-13-38-23-4-2-3-12-37-23/h5-10,14,16,23H,2-4,11-13,15H2,1H3,(H,30,35)/t16?,23?,27-/m1/s1. The Labute approximate surface area is 230 Å². The maximum Gasteiger partial charge on any atom is 0.244 e. The Morgan fingerprint density at radius 1 is 1.16 bits per heavy atom. The summed E-state index contributed by atoms with van der Waals surface area (Å²) in [5.41, 5.74) is 1.34. The first kappa shape index (κ1) is 25.3. The van der Waals surface area contributed by atoms with E-state index in [0.717, 1.165) is 24.8 Å². The molecule has 2 aromatic carbocycles. The number of fused-ring (bicyclic) bond motifs is 4. The van der Waals surface area contributed by atoms with Crippen LogP contribution in [0.15, 0.2) is 42.5 Å². The molecule has 3 aromatic rings. The minimum Gasteiger partial charge on any atom is -0.353 e. The van der Waals surface area contributed by atoms with Crippen molar-refractivity contribution in [1.82, 2.24) is 15.0 Å². The Hall–Kier alpha value is -2.98. The number of anilines is 2. The lowest BCUT2D eigenvalue weighted by Crippen LogP contribution is -2.47. The second-order valence-corrected chi connectivity index (χ2v) is 10.7. The van der Waals surface area contributed by atoms with Gasteiger partial charge in [-0.25, -0.2) is 4.68 Å². The number of benzene rings is 2. The fraction of sp³-hybridized carbons (Fsp3) is 0.407. The molecule has 1 aromatic heterocycles. The number of halogens is 2. The highest BCUT2D eigenvalue weighted by atomic mass is 35.5. The first-order chi connectivity index (χ1) is 18.4. The number of carbonyl (C=O) groups is 2. The van der Waals surface area contributed by atoms with Crippen LogP contribution in [0.3, 0.4) is 0 Å². The molecule has 6 rings (SSSR count). The van der Waals surface area contributed by atoms with Crippen LogP contribution in [0.1, 0.15) is 55.5 Å². The highest BCUT2D eigenvalue weighted by Gasteiger charge is 2.58. The van der Waals surface area contributed by atoms with E-state index in [2.05, 4.69) is 15.6 Å². The van der Waals surface area contributed by atoms with Crippen molar-refractivity contribution < 1.29 is 19.1 Å². The van der Waals surface area contributed by atoms with E-state index in [0.29, 0.717) is 52.6 Å². The Bertz CT molecular complexity index is 1390. The molecule has 9 nitrogen and oxygen atoms in total. The van der Waals surface area contributed by atoms with E-state index in [4.69, 9.17) is 32.7 Å². The second-order valence-electron chi connectivity index (χ2n) is 9.87. The van der Waals surface area contributed by atoms with Crippen molar-refractivity contribution in [2.75, 3.05) is 30.0 Å². The predicted molar refractivity (Wildman–Crippen MR) is 143 cm³/mol. The van der Waals surface area contributed by atoms with E-state index in [1.165, 1.54) is 0 Å². The zero-order chi connectivity index (χ0) is 26.4. The number of nitrogens with zero attached hydrogens (tertiary/aromatic N) is 4. The molecule has 3 aliphatic heterocycles. The molecule has 1 saturated heterocycles. The lowest BCUT2D eigenvalue weighted by Gasteiger charge is -2.31. The van der Waals surface area contributed by atoms with Crippen LogP contribution in [0.25, 0.3) is 0 Å². The Kier molecular flexibility index (Phi) is 6.63. The molecule has 1 fully saturated rings. The van der Waals surface area contributed by atoms with Gasteiger partial charge in [-0.05, 0) is 67.6 Å². The average molecular weight is 556 g/mol. The fourth-order valence-corrected chi connectivity index (χ4v) is 5.93. The molecule has 38 heavy (non-hydrogen) atoms. The van der Waals surface area contributed by atoms with Crippen molar-refractivity contribution in [3.8, 4) is 0 Å². The molecule has 0 bridgehead atoms. The van der Waals surface area contributed by atoms with Gasteiger partial charge in [-0.2, -0.15) is 0 Å². The fourth-order valence-electron chi connectivity index (χ4n) is 5.63. The average Bonchev–Trinajstić information content (AvgIpc) is 3.43. The zero-order valence-corrected chi connectivity index (χ0v) is 22.3. The largest absolute Gasteiger partial charge is 0.353 e. The third kappa shape index (κ3) is 4.18. The number of rotatable bonds is 6. The first-order valence-electron chi connectivity index (χ1n) is 12.7. The topological polar surface area (TPSA) is 98.6 Å². The van der Waals surface area contributed by atoms with Gasteiger partial charge in [0.15, 0.2) is 12.1 Å². The third-order valence-corrected chi connectivity index (χ3v) is 8.06. The van der Waals surface area contributed by atoms with E-state index < -0.39 is 5.41 Å². The highest BCUT2D eigenvalue weighted by molar-refractivity contribution is 6.31. The van der Waals surface area contributed by atoms with Gasteiger partial charge in [-0.15, -0.1) is 5.10 Å². The second kappa shape index (κ2) is 9.96. The molecule has 3 aliphatic rings. The molecule has 198 valence electrons. The Morgan fingerprint density at radius 2 is 1.95 bits per heavy atom. The van der Waals surface area contributed by atoms with Crippen molar-refractivity contribution in [3.05, 3.63) is 69.3 Å². The number of amides is 2. The third-order valence-electron chi connectivity index (χ3n) is 7.58. The lowest BCUT2D eigenvalue weighted by molar-refractivity contribution is -0.161. The molecule has 0 saturated carbocycles. The monoisotopic (exact) mass is 555 g/mol. The number of hydrogen-bond acceptors (Lipinski definition) is 6. The molecule has 4 heterocycles. The summed E-state index contributed by atoms with van der Waals surface area (Å²) in [5.74, 6) is -0.140. The van der Waals surface area contributed by atoms with Crippen LogP contribution in [-0.4, -0.2) is 52.9 Å². The maximum absolute atomic E-state index is 14.3. The minimum atomic E-state index is -1.34. The van der Waals surface area contributed by atoms with Crippen LogP contribution >= 0.6 is 23.2 Å². The zero-order valence-electron chi connectivity index (χ0n) is 20.8. The van der Waals surface area contributed by atoms with Crippen LogP contribution in [0.5, 0.6) is 0 Å². The summed E-state index contributed by atoms with van der Waals surface area (Å²) in [6.45, 7) is 3.24. The molecule has 11 heteroatoms. The molecule has 2 unspecified atom stereocenters. The van der Waals surface area contributed by atoms with Crippen molar-refractivity contribution >= 4 is 46.5 Å². The SMILES string of the molecule is CC(c1ccc(Cl)cc1)n1nnc2c1NC(=O)C[C@]21C(=O)N(CCOC2CCCCO2)c2ccc(Cl)cc21. The molecule has 1 spiro atoms. The van der Waals surface area contributed by atoms with Crippen molar-refractivity contribution in [1.29, 1.82) is 0 Å². The van der Waals surface area contributed by atoms with Gasteiger partial charge < -0.3 is 19.7 Å². The van der Waals surface area contributed by atoms with E-state index in [1.807, 2.05) is 25.1 Å². The number of carbonyl (C=O) groups excluding carboxylic acids is 2. The van der Waals surface area contributed by atoms with E-state index in [9.17, 15) is 9.59 Å². The molecular weight excluding hydrogens is 529 g/mol. The molecule has 0 aliphatic carbocycles. The van der Waals surface area contributed by atoms with Gasteiger partial charge in [0.05, 0.1) is 19.1 Å². The van der Waals surface area contributed by atoms with Crippen molar-refractivity contribution in [2.45, 2.75) is 50.4 Å². The van der Waals surface area contributed by atoms with Crippen molar-refractivity contribution in [3.63, 3.8) is 0 Å². The Morgan fingerprint density at radius 3 is 2.71 bits per heavy atom. The van der Waals surface area contributed by atoms with Crippen LogP contribution in [0.2, 0.25) is 10.0 Å². The quantitative estimate of drug-likeness (QED) is 0.472. The van der Waals surface area contributed by atoms with Gasteiger partial charge in [-0.1, -0.05) is 40.5 Å². The summed E-state index contributed by atoms with van der Waals surface area (Å²) in [5, 5.41) is 12.9. The van der Waals surface area contributed by atoms with Crippen LogP contribution < -0.4 is 10.2 Å². The summed E-state index contributed by atoms with van der Waals surface area (Å²) in [7, 11) is 0. The van der Waals surface area contributed by atoms with Gasteiger partial charge in [0, 0.05) is 28.9 Å². The van der Waals surface area contributed by atoms with Crippen LogP contribution in [-0.2, 0) is 24.5 Å². The van der Waals surface area contributed by atoms with Crippen molar-refractivity contribution in [2.24, 2.45) is 0 Å². The molecule has 0 radical (unpaired) electrons. The number of aromatic nitrogens is 3. The summed E-state index contributed by atoms with van der Waals surface area (Å²) in [6.07, 6.45) is 2.57. The molecule has 3 atom stereocenters. The molecular formula is C27H27Cl2N5O4. The summed E-state index contributed by atoms with van der Waals surface area (Å²) < 4.78 is 13.2. The maximum atomic E-state index is 14.3. The lowest BCUT2D eigenvalue weighted by atomic mass is 9.73. The summed E-state index contributed by atoms with van der Waals surface area (Å²) in [4.78, 5) is 29.1. The smallest absolute Gasteiger partial charge is 0.244 e. The predicted octanol–water partition coefficient (Wildman–Crippen LogP) is 4.71. The van der Waals surface area contributed by atoms with E-state index in [-0.39, 0.29) is 30.6 Å². The first-order valence-corrected chi connectivity index (χ1v) is 13.5. The van der Waals surface area contributed by atoms with E-state index in [1.54, 1.807) is 33.8 Å². The van der Waals surface area contributed by atoms with Gasteiger partial charge >= 0.3 is 0 Å². The number of nitrogens with one attached hydrogen (secondary N) is 1. The van der Waals surface area contributed by atoms with Gasteiger partial charge in [0.1, 0.15) is 11.1 Å². The minimum absolute atomic E-state index is 0.0940. The highest BCUT2D eigenvalue weighted by Crippen LogP contribution is 2.52. The van der Waals surface area contributed by atoms with Crippen LogP contribution in [0.4, 0.5) is 11.5 Å². The summed E-state index contributed by atoms with van der Waals surface area (Å²) >= 11 is 12.5. The number of hydrogen-bond donors (Lipinski definition) is 1. The van der Waals surface area contributed by atoms with Gasteiger partial charge in [-0.3, -0.25) is 9.59 Å². The summed E-state index contributed by atoms with van der Waals surface area (Å²) in [6, 6.07) is 12.4. The van der Waals surface area contributed by atoms with E-state index >= 15 is 0 Å². The normalized spacial score (nSPS) is 23.3. The molecule has 1 N–H and O–H groups in total. The van der Waals surface area contributed by atoms with Crippen LogP contribution in [0, 0.1) is 0 Å². The molecule has 2 amide bonds.